The van der Waals surface area contributed by atoms with Gasteiger partial charge < -0.3 is 10.2 Å². The summed E-state index contributed by atoms with van der Waals surface area (Å²) in [5.74, 6) is 1.95. The zero-order chi connectivity index (χ0) is 12.3. The first-order valence-electron chi connectivity index (χ1n) is 7.22. The topological polar surface area (TPSA) is 32.3 Å². The second-order valence-electron chi connectivity index (χ2n) is 5.79. The maximum atomic E-state index is 12.4. The van der Waals surface area contributed by atoms with Gasteiger partial charge in [0.15, 0.2) is 0 Å². The van der Waals surface area contributed by atoms with Crippen LogP contribution in [0.25, 0.3) is 0 Å². The molecule has 2 saturated heterocycles. The molecule has 18 heavy (non-hydrogen) atoms. The SMILES string of the molecule is CCCC1CCCN(C(=O)C(C)C2CNC2)C1.Cl. The third-order valence-electron chi connectivity index (χ3n) is 4.44. The molecule has 0 aromatic carbocycles. The number of amides is 1. The molecule has 0 spiro atoms. The summed E-state index contributed by atoms with van der Waals surface area (Å²) in [5.41, 5.74) is 0. The number of hydrogen-bond donors (Lipinski definition) is 1. The van der Waals surface area contributed by atoms with Crippen LogP contribution in [-0.4, -0.2) is 37.0 Å². The molecule has 0 aromatic heterocycles. The standard InChI is InChI=1S/C14H26N2O.ClH/c1-3-5-12-6-4-7-16(10-12)14(17)11(2)13-8-15-9-13;/h11-13,15H,3-10H2,1-2H3;1H. The Labute approximate surface area is 117 Å². The van der Waals surface area contributed by atoms with Crippen LogP contribution in [0.5, 0.6) is 0 Å². The minimum atomic E-state index is 0. The van der Waals surface area contributed by atoms with Crippen LogP contribution in [0.2, 0.25) is 0 Å². The molecule has 2 heterocycles. The highest BCUT2D eigenvalue weighted by Gasteiger charge is 2.33. The summed E-state index contributed by atoms with van der Waals surface area (Å²) in [6, 6.07) is 0. The van der Waals surface area contributed by atoms with Gasteiger partial charge in [-0.3, -0.25) is 4.79 Å². The predicted octanol–water partition coefficient (Wildman–Crippen LogP) is 2.30. The van der Waals surface area contributed by atoms with E-state index in [0.717, 1.165) is 32.1 Å². The fourth-order valence-corrected chi connectivity index (χ4v) is 3.06. The minimum absolute atomic E-state index is 0. The van der Waals surface area contributed by atoms with Crippen molar-refractivity contribution in [3.8, 4) is 0 Å². The molecule has 1 N–H and O–H groups in total. The molecule has 1 amide bonds. The second kappa shape index (κ2) is 7.34. The summed E-state index contributed by atoms with van der Waals surface area (Å²) < 4.78 is 0. The fraction of sp³-hybridized carbons (Fsp3) is 0.929. The number of nitrogens with zero attached hydrogens (tertiary/aromatic N) is 1. The summed E-state index contributed by atoms with van der Waals surface area (Å²) >= 11 is 0. The maximum Gasteiger partial charge on any atom is 0.225 e. The van der Waals surface area contributed by atoms with Crippen LogP contribution in [0.1, 0.15) is 39.5 Å². The third kappa shape index (κ3) is 3.61. The van der Waals surface area contributed by atoms with Gasteiger partial charge in [-0.2, -0.15) is 0 Å². The van der Waals surface area contributed by atoms with Crippen molar-refractivity contribution in [3.05, 3.63) is 0 Å². The van der Waals surface area contributed by atoms with Gasteiger partial charge in [0.1, 0.15) is 0 Å². The highest BCUT2D eigenvalue weighted by Crippen LogP contribution is 2.25. The molecule has 0 bridgehead atoms. The number of halogens is 1. The minimum Gasteiger partial charge on any atom is -0.342 e. The number of carbonyl (C=O) groups is 1. The lowest BCUT2D eigenvalue weighted by atomic mass is 9.86. The summed E-state index contributed by atoms with van der Waals surface area (Å²) in [7, 11) is 0. The molecule has 2 unspecified atom stereocenters. The third-order valence-corrected chi connectivity index (χ3v) is 4.44. The second-order valence-corrected chi connectivity index (χ2v) is 5.79. The average Bonchev–Trinajstić information content (AvgIpc) is 2.26. The summed E-state index contributed by atoms with van der Waals surface area (Å²) in [6.45, 7) is 8.40. The van der Waals surface area contributed by atoms with Gasteiger partial charge in [0.25, 0.3) is 0 Å². The van der Waals surface area contributed by atoms with Crippen molar-refractivity contribution in [3.63, 3.8) is 0 Å². The van der Waals surface area contributed by atoms with Gasteiger partial charge in [-0.1, -0.05) is 20.3 Å². The van der Waals surface area contributed by atoms with Crippen molar-refractivity contribution in [2.24, 2.45) is 17.8 Å². The first kappa shape index (κ1) is 15.8. The van der Waals surface area contributed by atoms with Crippen molar-refractivity contribution < 1.29 is 4.79 Å². The Morgan fingerprint density at radius 2 is 2.17 bits per heavy atom. The van der Waals surface area contributed by atoms with Gasteiger partial charge in [0.05, 0.1) is 0 Å². The van der Waals surface area contributed by atoms with E-state index in [4.69, 9.17) is 0 Å². The van der Waals surface area contributed by atoms with E-state index in [1.165, 1.54) is 25.7 Å². The van der Waals surface area contributed by atoms with Crippen molar-refractivity contribution in [2.75, 3.05) is 26.2 Å². The molecule has 0 saturated carbocycles. The molecule has 0 aliphatic carbocycles. The molecule has 2 fully saturated rings. The quantitative estimate of drug-likeness (QED) is 0.853. The molecule has 0 radical (unpaired) electrons. The van der Waals surface area contributed by atoms with Gasteiger partial charge in [0.2, 0.25) is 5.91 Å². The largest absolute Gasteiger partial charge is 0.342 e. The van der Waals surface area contributed by atoms with Crippen molar-refractivity contribution in [2.45, 2.75) is 39.5 Å². The van der Waals surface area contributed by atoms with E-state index in [9.17, 15) is 4.79 Å². The predicted molar refractivity (Wildman–Crippen MR) is 77.0 cm³/mol. The number of carbonyl (C=O) groups excluding carboxylic acids is 1. The smallest absolute Gasteiger partial charge is 0.225 e. The van der Waals surface area contributed by atoms with Gasteiger partial charge in [-0.15, -0.1) is 12.4 Å². The van der Waals surface area contributed by atoms with E-state index in [-0.39, 0.29) is 18.3 Å². The van der Waals surface area contributed by atoms with E-state index < -0.39 is 0 Å². The molecule has 2 rings (SSSR count). The Morgan fingerprint density at radius 1 is 1.44 bits per heavy atom. The van der Waals surface area contributed by atoms with Crippen molar-refractivity contribution >= 4 is 18.3 Å². The van der Waals surface area contributed by atoms with Gasteiger partial charge in [0, 0.05) is 19.0 Å². The molecule has 2 aliphatic rings. The molecule has 2 aliphatic heterocycles. The first-order valence-corrected chi connectivity index (χ1v) is 7.22. The Kier molecular flexibility index (Phi) is 6.44. The number of nitrogens with one attached hydrogen (secondary N) is 1. The average molecular weight is 275 g/mol. The molecule has 0 aromatic rings. The van der Waals surface area contributed by atoms with Crippen LogP contribution in [0.3, 0.4) is 0 Å². The zero-order valence-corrected chi connectivity index (χ0v) is 12.5. The van der Waals surface area contributed by atoms with E-state index in [1.54, 1.807) is 0 Å². The number of likely N-dealkylation sites (tertiary alicyclic amines) is 1. The normalized spacial score (nSPS) is 26.1. The molecule has 106 valence electrons. The van der Waals surface area contributed by atoms with Crippen LogP contribution in [0.4, 0.5) is 0 Å². The highest BCUT2D eigenvalue weighted by molar-refractivity contribution is 5.85. The lowest BCUT2D eigenvalue weighted by molar-refractivity contribution is -0.139. The van der Waals surface area contributed by atoms with Crippen LogP contribution < -0.4 is 5.32 Å². The Hall–Kier alpha value is -0.280. The Morgan fingerprint density at radius 3 is 2.72 bits per heavy atom. The maximum absolute atomic E-state index is 12.4. The number of rotatable bonds is 4. The fourth-order valence-electron chi connectivity index (χ4n) is 3.06. The molecule has 2 atom stereocenters. The number of hydrogen-bond acceptors (Lipinski definition) is 2. The van der Waals surface area contributed by atoms with Crippen LogP contribution in [-0.2, 0) is 4.79 Å². The van der Waals surface area contributed by atoms with Crippen LogP contribution >= 0.6 is 12.4 Å². The van der Waals surface area contributed by atoms with Gasteiger partial charge >= 0.3 is 0 Å². The van der Waals surface area contributed by atoms with E-state index in [0.29, 0.717) is 11.8 Å². The van der Waals surface area contributed by atoms with Gasteiger partial charge in [-0.25, -0.2) is 0 Å². The molecule has 3 nitrogen and oxygen atoms in total. The number of piperidine rings is 1. The monoisotopic (exact) mass is 274 g/mol. The van der Waals surface area contributed by atoms with E-state index in [1.807, 2.05) is 0 Å². The van der Waals surface area contributed by atoms with Crippen LogP contribution in [0, 0.1) is 17.8 Å². The van der Waals surface area contributed by atoms with Gasteiger partial charge in [-0.05, 0) is 44.2 Å². The Balaban J connectivity index is 0.00000162. The lowest BCUT2D eigenvalue weighted by Crippen LogP contribution is -2.51. The Bertz CT molecular complexity index is 267. The van der Waals surface area contributed by atoms with Crippen molar-refractivity contribution in [1.82, 2.24) is 10.2 Å². The molecular formula is C14H27ClN2O. The van der Waals surface area contributed by atoms with Crippen molar-refractivity contribution in [1.29, 1.82) is 0 Å². The summed E-state index contributed by atoms with van der Waals surface area (Å²) in [6.07, 6.45) is 5.04. The lowest BCUT2D eigenvalue weighted by Gasteiger charge is -2.38. The summed E-state index contributed by atoms with van der Waals surface area (Å²) in [5, 5.41) is 3.26. The molecular weight excluding hydrogens is 248 g/mol. The van der Waals surface area contributed by atoms with Crippen LogP contribution in [0.15, 0.2) is 0 Å². The zero-order valence-electron chi connectivity index (χ0n) is 11.7. The summed E-state index contributed by atoms with van der Waals surface area (Å²) in [4.78, 5) is 14.5. The van der Waals surface area contributed by atoms with E-state index >= 15 is 0 Å². The molecule has 4 heteroatoms. The highest BCUT2D eigenvalue weighted by atomic mass is 35.5. The van der Waals surface area contributed by atoms with E-state index in [2.05, 4.69) is 24.1 Å². The first-order chi connectivity index (χ1) is 8.22.